The molecule has 0 aromatic heterocycles. The van der Waals surface area contributed by atoms with Crippen LogP contribution in [0.2, 0.25) is 0 Å². The minimum atomic E-state index is 0.204. The fraction of sp³-hybridized carbons (Fsp3) is 0.667. The highest BCUT2D eigenvalue weighted by atomic mass is 16.5. The van der Waals surface area contributed by atoms with E-state index in [1.54, 1.807) is 0 Å². The van der Waals surface area contributed by atoms with Gasteiger partial charge in [0.05, 0.1) is 12.7 Å². The molecule has 0 heterocycles. The lowest BCUT2D eigenvalue weighted by atomic mass is 9.64. The standard InChI is InChI=1S/C18H29NO2/c1-6-20-15-10-8-14(9-11-15)13(3)19-16-12-17(21-7-2)18(16,4)5/h8-11,13,16-17,19H,6-7,12H2,1-5H3. The van der Waals surface area contributed by atoms with Gasteiger partial charge in [-0.15, -0.1) is 0 Å². The van der Waals surface area contributed by atoms with Crippen molar-refractivity contribution in [3.63, 3.8) is 0 Å². The highest BCUT2D eigenvalue weighted by molar-refractivity contribution is 5.29. The van der Waals surface area contributed by atoms with Gasteiger partial charge >= 0.3 is 0 Å². The van der Waals surface area contributed by atoms with E-state index in [9.17, 15) is 0 Å². The number of benzene rings is 1. The molecule has 1 aliphatic carbocycles. The molecule has 0 saturated heterocycles. The molecule has 1 aromatic rings. The van der Waals surface area contributed by atoms with Crippen LogP contribution in [0.25, 0.3) is 0 Å². The first kappa shape index (κ1) is 16.3. The van der Waals surface area contributed by atoms with Gasteiger partial charge in [-0.25, -0.2) is 0 Å². The Morgan fingerprint density at radius 1 is 1.19 bits per heavy atom. The zero-order valence-corrected chi connectivity index (χ0v) is 14.0. The summed E-state index contributed by atoms with van der Waals surface area (Å²) < 4.78 is 11.3. The van der Waals surface area contributed by atoms with Gasteiger partial charge in [0, 0.05) is 24.1 Å². The van der Waals surface area contributed by atoms with Crippen molar-refractivity contribution in [1.29, 1.82) is 0 Å². The number of rotatable bonds is 7. The topological polar surface area (TPSA) is 30.5 Å². The maximum absolute atomic E-state index is 5.80. The zero-order chi connectivity index (χ0) is 15.5. The molecule has 3 nitrogen and oxygen atoms in total. The van der Waals surface area contributed by atoms with E-state index in [1.165, 1.54) is 5.56 Å². The van der Waals surface area contributed by atoms with E-state index in [2.05, 4.69) is 45.1 Å². The summed E-state index contributed by atoms with van der Waals surface area (Å²) in [6.45, 7) is 12.4. The van der Waals surface area contributed by atoms with Crippen molar-refractivity contribution >= 4 is 0 Å². The van der Waals surface area contributed by atoms with Crippen LogP contribution in [0.1, 0.15) is 52.6 Å². The second-order valence-corrected chi connectivity index (χ2v) is 6.44. The minimum absolute atomic E-state index is 0.204. The molecule has 0 radical (unpaired) electrons. The maximum atomic E-state index is 5.80. The van der Waals surface area contributed by atoms with Crippen molar-refractivity contribution < 1.29 is 9.47 Å². The average Bonchev–Trinajstić information content (AvgIpc) is 2.47. The molecule has 1 fully saturated rings. The van der Waals surface area contributed by atoms with Crippen LogP contribution >= 0.6 is 0 Å². The van der Waals surface area contributed by atoms with Crippen LogP contribution in [0.4, 0.5) is 0 Å². The summed E-state index contributed by atoms with van der Waals surface area (Å²) in [6.07, 6.45) is 1.48. The van der Waals surface area contributed by atoms with Crippen LogP contribution in [-0.2, 0) is 4.74 Å². The van der Waals surface area contributed by atoms with Gasteiger partial charge in [-0.1, -0.05) is 26.0 Å². The minimum Gasteiger partial charge on any atom is -0.494 e. The average molecular weight is 291 g/mol. The normalized spacial score (nSPS) is 25.2. The van der Waals surface area contributed by atoms with Gasteiger partial charge in [0.15, 0.2) is 0 Å². The Bertz CT molecular complexity index is 441. The summed E-state index contributed by atoms with van der Waals surface area (Å²) in [5.41, 5.74) is 1.50. The van der Waals surface area contributed by atoms with Crippen molar-refractivity contribution in [2.75, 3.05) is 13.2 Å². The molecule has 0 spiro atoms. The van der Waals surface area contributed by atoms with Gasteiger partial charge in [0.2, 0.25) is 0 Å². The Balaban J connectivity index is 1.91. The monoisotopic (exact) mass is 291 g/mol. The first-order chi connectivity index (χ1) is 9.98. The van der Waals surface area contributed by atoms with Crippen LogP contribution in [0.3, 0.4) is 0 Å². The Labute approximate surface area is 129 Å². The fourth-order valence-corrected chi connectivity index (χ4v) is 3.07. The molecule has 0 bridgehead atoms. The Kier molecular flexibility index (Phi) is 5.28. The number of nitrogens with one attached hydrogen (secondary N) is 1. The first-order valence-electron chi connectivity index (χ1n) is 8.09. The van der Waals surface area contributed by atoms with Crippen molar-refractivity contribution in [2.45, 2.75) is 59.2 Å². The van der Waals surface area contributed by atoms with E-state index in [-0.39, 0.29) is 5.41 Å². The smallest absolute Gasteiger partial charge is 0.119 e. The molecular formula is C18H29NO2. The van der Waals surface area contributed by atoms with E-state index in [0.29, 0.717) is 24.8 Å². The zero-order valence-electron chi connectivity index (χ0n) is 14.0. The molecule has 118 valence electrons. The van der Waals surface area contributed by atoms with Gasteiger partial charge in [0.25, 0.3) is 0 Å². The predicted octanol–water partition coefficient (Wildman–Crippen LogP) is 3.94. The van der Waals surface area contributed by atoms with E-state index >= 15 is 0 Å². The third kappa shape index (κ3) is 3.58. The number of ether oxygens (including phenoxy) is 2. The Morgan fingerprint density at radius 2 is 1.86 bits per heavy atom. The Hall–Kier alpha value is -1.06. The molecule has 21 heavy (non-hydrogen) atoms. The number of hydrogen-bond donors (Lipinski definition) is 1. The molecule has 3 heteroatoms. The molecule has 2 rings (SSSR count). The molecule has 1 N–H and O–H groups in total. The van der Waals surface area contributed by atoms with Gasteiger partial charge in [0.1, 0.15) is 5.75 Å². The van der Waals surface area contributed by atoms with Gasteiger partial charge in [-0.3, -0.25) is 0 Å². The van der Waals surface area contributed by atoms with Crippen LogP contribution in [0, 0.1) is 5.41 Å². The Morgan fingerprint density at radius 3 is 2.38 bits per heavy atom. The largest absolute Gasteiger partial charge is 0.494 e. The van der Waals surface area contributed by atoms with Gasteiger partial charge < -0.3 is 14.8 Å². The summed E-state index contributed by atoms with van der Waals surface area (Å²) >= 11 is 0. The third-order valence-electron chi connectivity index (χ3n) is 4.69. The van der Waals surface area contributed by atoms with Crippen LogP contribution in [0.5, 0.6) is 5.75 Å². The molecule has 1 saturated carbocycles. The van der Waals surface area contributed by atoms with Crippen LogP contribution in [0.15, 0.2) is 24.3 Å². The summed E-state index contributed by atoms with van der Waals surface area (Å²) in [5.74, 6) is 0.939. The van der Waals surface area contributed by atoms with Crippen molar-refractivity contribution in [1.82, 2.24) is 5.32 Å². The lowest BCUT2D eigenvalue weighted by Gasteiger charge is -2.52. The van der Waals surface area contributed by atoms with Crippen LogP contribution in [-0.4, -0.2) is 25.4 Å². The highest BCUT2D eigenvalue weighted by Crippen LogP contribution is 2.43. The van der Waals surface area contributed by atoms with Gasteiger partial charge in [-0.05, 0) is 44.9 Å². The molecule has 3 atom stereocenters. The van der Waals surface area contributed by atoms with Crippen LogP contribution < -0.4 is 10.1 Å². The maximum Gasteiger partial charge on any atom is 0.119 e. The SMILES string of the molecule is CCOc1ccc(C(C)NC2CC(OCC)C2(C)C)cc1. The summed E-state index contributed by atoms with van der Waals surface area (Å²) in [6, 6.07) is 9.24. The summed E-state index contributed by atoms with van der Waals surface area (Å²) in [7, 11) is 0. The first-order valence-corrected chi connectivity index (χ1v) is 8.09. The summed E-state index contributed by atoms with van der Waals surface area (Å²) in [4.78, 5) is 0. The molecule has 3 unspecified atom stereocenters. The van der Waals surface area contributed by atoms with E-state index in [4.69, 9.17) is 9.47 Å². The molecule has 0 aliphatic heterocycles. The van der Waals surface area contributed by atoms with E-state index < -0.39 is 0 Å². The molecule has 1 aliphatic rings. The molecule has 1 aromatic carbocycles. The highest BCUT2D eigenvalue weighted by Gasteiger charge is 2.49. The fourth-order valence-electron chi connectivity index (χ4n) is 3.07. The number of hydrogen-bond acceptors (Lipinski definition) is 3. The van der Waals surface area contributed by atoms with Gasteiger partial charge in [-0.2, -0.15) is 0 Å². The van der Waals surface area contributed by atoms with E-state index in [1.807, 2.05) is 19.1 Å². The predicted molar refractivity (Wildman–Crippen MR) is 86.8 cm³/mol. The lowest BCUT2D eigenvalue weighted by molar-refractivity contribution is -0.116. The van der Waals surface area contributed by atoms with E-state index in [0.717, 1.165) is 18.8 Å². The molecule has 0 amide bonds. The summed E-state index contributed by atoms with van der Waals surface area (Å²) in [5, 5.41) is 3.74. The second-order valence-electron chi connectivity index (χ2n) is 6.44. The second kappa shape index (κ2) is 6.80. The lowest BCUT2D eigenvalue weighted by Crippen LogP contribution is -2.61. The quantitative estimate of drug-likeness (QED) is 0.825. The van der Waals surface area contributed by atoms with Crippen molar-refractivity contribution in [2.24, 2.45) is 5.41 Å². The molecular weight excluding hydrogens is 262 g/mol. The van der Waals surface area contributed by atoms with Crippen molar-refractivity contribution in [3.8, 4) is 5.75 Å². The third-order valence-corrected chi connectivity index (χ3v) is 4.69. The van der Waals surface area contributed by atoms with Crippen molar-refractivity contribution in [3.05, 3.63) is 29.8 Å².